The Bertz CT molecular complexity index is 1820. The second-order valence-corrected chi connectivity index (χ2v) is 14.1. The number of azo groups is 1. The summed E-state index contributed by atoms with van der Waals surface area (Å²) < 4.78 is 0. The molecule has 0 aromatic heterocycles. The van der Waals surface area contributed by atoms with Gasteiger partial charge in [-0.15, -0.1) is 0 Å². The lowest BCUT2D eigenvalue weighted by Crippen LogP contribution is -2.10. The zero-order chi connectivity index (χ0) is 33.0. The fourth-order valence-electron chi connectivity index (χ4n) is 5.66. The van der Waals surface area contributed by atoms with Gasteiger partial charge in [0, 0.05) is 17.1 Å². The summed E-state index contributed by atoms with van der Waals surface area (Å²) in [4.78, 5) is 2.29. The average Bonchev–Trinajstić information content (AvgIpc) is 3.08. The predicted molar refractivity (Wildman–Crippen MR) is 200 cm³/mol. The molecule has 0 amide bonds. The second kappa shape index (κ2) is 13.2. The van der Waals surface area contributed by atoms with Crippen LogP contribution in [0.4, 0.5) is 28.4 Å². The van der Waals surface area contributed by atoms with Crippen LogP contribution in [0.15, 0.2) is 162 Å². The topological polar surface area (TPSA) is 28.0 Å². The number of hydrogen-bond acceptors (Lipinski definition) is 3. The molecule has 6 rings (SSSR count). The molecule has 234 valence electrons. The van der Waals surface area contributed by atoms with Crippen LogP contribution in [0, 0.1) is 0 Å². The molecule has 47 heavy (non-hydrogen) atoms. The average molecular weight is 614 g/mol. The first-order valence-corrected chi connectivity index (χ1v) is 16.3. The van der Waals surface area contributed by atoms with Crippen LogP contribution in [0.3, 0.4) is 0 Å². The number of rotatable bonds is 7. The van der Waals surface area contributed by atoms with Crippen molar-refractivity contribution in [2.24, 2.45) is 10.2 Å². The van der Waals surface area contributed by atoms with Gasteiger partial charge in [0.2, 0.25) is 0 Å². The predicted octanol–water partition coefficient (Wildman–Crippen LogP) is 13.5. The van der Waals surface area contributed by atoms with Crippen molar-refractivity contribution in [3.8, 4) is 22.3 Å². The number of benzene rings is 6. The van der Waals surface area contributed by atoms with Gasteiger partial charge < -0.3 is 4.90 Å². The van der Waals surface area contributed by atoms with Gasteiger partial charge in [-0.1, -0.05) is 133 Å². The van der Waals surface area contributed by atoms with E-state index in [1.807, 2.05) is 42.5 Å². The minimum atomic E-state index is 0.132. The van der Waals surface area contributed by atoms with E-state index in [1.54, 1.807) is 0 Å². The van der Waals surface area contributed by atoms with Crippen LogP contribution in [0.2, 0.25) is 0 Å². The third kappa shape index (κ3) is 7.58. The molecule has 0 radical (unpaired) electrons. The smallest absolute Gasteiger partial charge is 0.0858 e. The van der Waals surface area contributed by atoms with Crippen molar-refractivity contribution in [3.63, 3.8) is 0 Å². The van der Waals surface area contributed by atoms with Crippen molar-refractivity contribution in [2.45, 2.75) is 52.4 Å². The van der Waals surface area contributed by atoms with Crippen molar-refractivity contribution in [3.05, 3.63) is 163 Å². The quantitative estimate of drug-likeness (QED) is 0.165. The highest BCUT2D eigenvalue weighted by atomic mass is 15.1. The third-order valence-electron chi connectivity index (χ3n) is 8.56. The van der Waals surface area contributed by atoms with E-state index in [0.717, 1.165) is 28.4 Å². The SMILES string of the molecule is CC(C)(C)c1ccc(-c2ccc(N(c3ccc(N=Nc4ccccc4)cc3)c3ccc(-c4ccc(C(C)(C)C)cc4)cc3)cc2)cc1. The maximum Gasteiger partial charge on any atom is 0.0858 e. The summed E-state index contributed by atoms with van der Waals surface area (Å²) in [7, 11) is 0. The van der Waals surface area contributed by atoms with E-state index in [9.17, 15) is 0 Å². The van der Waals surface area contributed by atoms with E-state index >= 15 is 0 Å². The molecule has 0 fully saturated rings. The summed E-state index contributed by atoms with van der Waals surface area (Å²) in [5.41, 5.74) is 12.6. The Balaban J connectivity index is 1.32. The highest BCUT2D eigenvalue weighted by Crippen LogP contribution is 2.38. The molecular formula is C44H43N3. The molecule has 0 spiro atoms. The molecular weight excluding hydrogens is 571 g/mol. The van der Waals surface area contributed by atoms with E-state index in [0.29, 0.717) is 0 Å². The Labute approximate surface area is 280 Å². The third-order valence-corrected chi connectivity index (χ3v) is 8.56. The monoisotopic (exact) mass is 613 g/mol. The summed E-state index contributed by atoms with van der Waals surface area (Å²) >= 11 is 0. The molecule has 0 bridgehead atoms. The molecule has 0 unspecified atom stereocenters. The van der Waals surface area contributed by atoms with Gasteiger partial charge in [-0.05, 0) is 105 Å². The van der Waals surface area contributed by atoms with Crippen molar-refractivity contribution in [1.82, 2.24) is 0 Å². The first-order valence-electron chi connectivity index (χ1n) is 16.3. The summed E-state index contributed by atoms with van der Waals surface area (Å²) in [6, 6.07) is 53.6. The Morgan fingerprint density at radius 3 is 0.979 bits per heavy atom. The van der Waals surface area contributed by atoms with Crippen LogP contribution in [0.25, 0.3) is 22.3 Å². The van der Waals surface area contributed by atoms with Gasteiger partial charge in [0.1, 0.15) is 0 Å². The van der Waals surface area contributed by atoms with Crippen LogP contribution in [0.1, 0.15) is 52.7 Å². The largest absolute Gasteiger partial charge is 0.311 e. The maximum absolute atomic E-state index is 4.46. The van der Waals surface area contributed by atoms with Gasteiger partial charge >= 0.3 is 0 Å². The molecule has 0 atom stereocenters. The molecule has 0 aliphatic heterocycles. The fourth-order valence-corrected chi connectivity index (χ4v) is 5.66. The summed E-state index contributed by atoms with van der Waals surface area (Å²) in [6.07, 6.45) is 0. The summed E-state index contributed by atoms with van der Waals surface area (Å²) in [5, 5.41) is 8.85. The zero-order valence-electron chi connectivity index (χ0n) is 28.3. The van der Waals surface area contributed by atoms with Crippen LogP contribution in [0.5, 0.6) is 0 Å². The fraction of sp³-hybridized carbons (Fsp3) is 0.182. The Morgan fingerprint density at radius 1 is 0.340 bits per heavy atom. The van der Waals surface area contributed by atoms with Crippen LogP contribution < -0.4 is 4.90 Å². The van der Waals surface area contributed by atoms with Crippen molar-refractivity contribution < 1.29 is 0 Å². The number of anilines is 3. The standard InChI is InChI=1S/C44H43N3/c1-43(2,3)36-20-12-32(13-21-36)34-16-26-40(27-17-34)47(42-30-24-39(25-31-42)46-45-38-10-8-7-9-11-38)41-28-18-35(19-29-41)33-14-22-37(23-15-33)44(4,5)6/h7-31H,1-6H3. The minimum absolute atomic E-state index is 0.132. The van der Waals surface area contributed by atoms with Gasteiger partial charge in [-0.25, -0.2) is 0 Å². The van der Waals surface area contributed by atoms with E-state index in [2.05, 4.69) is 166 Å². The van der Waals surface area contributed by atoms with Gasteiger partial charge in [0.15, 0.2) is 0 Å². The molecule has 6 aromatic carbocycles. The number of nitrogens with zero attached hydrogens (tertiary/aromatic N) is 3. The van der Waals surface area contributed by atoms with E-state index < -0.39 is 0 Å². The first-order chi connectivity index (χ1) is 22.5. The molecule has 0 saturated carbocycles. The molecule has 0 N–H and O–H groups in total. The lowest BCUT2D eigenvalue weighted by molar-refractivity contribution is 0.590. The molecule has 0 saturated heterocycles. The van der Waals surface area contributed by atoms with Crippen LogP contribution >= 0.6 is 0 Å². The summed E-state index contributed by atoms with van der Waals surface area (Å²) in [6.45, 7) is 13.5. The molecule has 6 aromatic rings. The maximum atomic E-state index is 4.46. The van der Waals surface area contributed by atoms with Gasteiger partial charge in [0.05, 0.1) is 11.4 Å². The molecule has 0 aliphatic carbocycles. The molecule has 0 heterocycles. The molecule has 3 heteroatoms. The van der Waals surface area contributed by atoms with Crippen LogP contribution in [-0.2, 0) is 10.8 Å². The molecule has 3 nitrogen and oxygen atoms in total. The van der Waals surface area contributed by atoms with Gasteiger partial charge in [0.25, 0.3) is 0 Å². The highest BCUT2D eigenvalue weighted by molar-refractivity contribution is 5.80. The van der Waals surface area contributed by atoms with E-state index in [1.165, 1.54) is 33.4 Å². The summed E-state index contributed by atoms with van der Waals surface area (Å²) in [5.74, 6) is 0. The highest BCUT2D eigenvalue weighted by Gasteiger charge is 2.16. The van der Waals surface area contributed by atoms with Crippen molar-refractivity contribution >= 4 is 28.4 Å². The second-order valence-electron chi connectivity index (χ2n) is 14.1. The van der Waals surface area contributed by atoms with E-state index in [4.69, 9.17) is 0 Å². The number of hydrogen-bond donors (Lipinski definition) is 0. The normalized spacial score (nSPS) is 12.0. The van der Waals surface area contributed by atoms with Crippen molar-refractivity contribution in [2.75, 3.05) is 4.90 Å². The Morgan fingerprint density at radius 2 is 0.638 bits per heavy atom. The van der Waals surface area contributed by atoms with E-state index in [-0.39, 0.29) is 10.8 Å². The van der Waals surface area contributed by atoms with Gasteiger partial charge in [-0.3, -0.25) is 0 Å². The molecule has 0 aliphatic rings. The van der Waals surface area contributed by atoms with Crippen molar-refractivity contribution in [1.29, 1.82) is 0 Å². The van der Waals surface area contributed by atoms with Gasteiger partial charge in [-0.2, -0.15) is 10.2 Å². The first kappa shape index (κ1) is 31.7. The lowest BCUT2D eigenvalue weighted by Gasteiger charge is -2.26. The lowest BCUT2D eigenvalue weighted by atomic mass is 9.86. The Hall–Kier alpha value is -5.28. The van der Waals surface area contributed by atoms with Crippen LogP contribution in [-0.4, -0.2) is 0 Å². The Kier molecular flexibility index (Phi) is 8.91. The minimum Gasteiger partial charge on any atom is -0.311 e. The zero-order valence-corrected chi connectivity index (χ0v) is 28.3.